The van der Waals surface area contributed by atoms with Crippen molar-refractivity contribution < 1.29 is 9.21 Å². The fourth-order valence-electron chi connectivity index (χ4n) is 1.48. The summed E-state index contributed by atoms with van der Waals surface area (Å²) in [5.41, 5.74) is 2.78. The van der Waals surface area contributed by atoms with E-state index in [0.29, 0.717) is 11.3 Å². The third-order valence-electron chi connectivity index (χ3n) is 2.35. The van der Waals surface area contributed by atoms with Gasteiger partial charge in [0.15, 0.2) is 0 Å². The van der Waals surface area contributed by atoms with Gasteiger partial charge in [0.1, 0.15) is 18.6 Å². The molecule has 2 aromatic heterocycles. The molecule has 0 aliphatic rings. The molecule has 0 aromatic carbocycles. The molecule has 2 rings (SSSR count). The van der Waals surface area contributed by atoms with Gasteiger partial charge in [-0.2, -0.15) is 5.10 Å². The number of nitrogens with two attached hydrogens (primary N) is 1. The van der Waals surface area contributed by atoms with Crippen molar-refractivity contribution in [2.24, 2.45) is 5.84 Å². The van der Waals surface area contributed by atoms with Crippen LogP contribution in [0.25, 0.3) is 0 Å². The van der Waals surface area contributed by atoms with Gasteiger partial charge in [-0.15, -0.1) is 0 Å². The van der Waals surface area contributed by atoms with Gasteiger partial charge in [-0.1, -0.05) is 0 Å². The molecule has 0 saturated carbocycles. The van der Waals surface area contributed by atoms with E-state index >= 15 is 0 Å². The maximum atomic E-state index is 11.5. The Hall–Kier alpha value is -2.41. The Labute approximate surface area is 102 Å². The lowest BCUT2D eigenvalue weighted by molar-refractivity contribution is 0.0953. The van der Waals surface area contributed by atoms with E-state index in [1.807, 2.05) is 5.43 Å². The van der Waals surface area contributed by atoms with Crippen LogP contribution in [0.5, 0.6) is 0 Å². The van der Waals surface area contributed by atoms with Crippen molar-refractivity contribution in [1.29, 1.82) is 0 Å². The Bertz CT molecular complexity index is 629. The Morgan fingerprint density at radius 3 is 3.06 bits per heavy atom. The van der Waals surface area contributed by atoms with E-state index in [1.54, 1.807) is 13.0 Å². The Morgan fingerprint density at radius 2 is 2.33 bits per heavy atom. The molecule has 7 heteroatoms. The summed E-state index contributed by atoms with van der Waals surface area (Å²) in [6.07, 6.45) is 1.28. The molecule has 2 aromatic rings. The number of hydrogen-bond acceptors (Lipinski definition) is 5. The summed E-state index contributed by atoms with van der Waals surface area (Å²) < 4.78 is 6.43. The molecule has 0 atom stereocenters. The highest BCUT2D eigenvalue weighted by atomic mass is 16.3. The summed E-state index contributed by atoms with van der Waals surface area (Å²) in [5.74, 6) is 5.00. The second-order valence-electron chi connectivity index (χ2n) is 3.75. The number of furan rings is 1. The SMILES string of the molecule is Cc1ccc(=O)n(Cc2cc(C(=O)NN)co2)n1. The maximum Gasteiger partial charge on any atom is 0.268 e. The van der Waals surface area contributed by atoms with E-state index in [4.69, 9.17) is 10.3 Å². The van der Waals surface area contributed by atoms with Crippen LogP contribution in [0.1, 0.15) is 21.8 Å². The number of amides is 1. The Balaban J connectivity index is 2.24. The summed E-state index contributed by atoms with van der Waals surface area (Å²) >= 11 is 0. The van der Waals surface area contributed by atoms with Crippen molar-refractivity contribution >= 4 is 5.91 Å². The van der Waals surface area contributed by atoms with Crippen LogP contribution in [0.4, 0.5) is 0 Å². The van der Waals surface area contributed by atoms with E-state index in [1.165, 1.54) is 23.1 Å². The molecule has 7 nitrogen and oxygen atoms in total. The molecular formula is C11H12N4O3. The van der Waals surface area contributed by atoms with Crippen LogP contribution in [-0.4, -0.2) is 15.7 Å². The molecule has 0 radical (unpaired) electrons. The van der Waals surface area contributed by atoms with Gasteiger partial charge in [0.2, 0.25) is 0 Å². The molecule has 3 N–H and O–H groups in total. The third-order valence-corrected chi connectivity index (χ3v) is 2.35. The van der Waals surface area contributed by atoms with Gasteiger partial charge >= 0.3 is 0 Å². The number of nitrogens with one attached hydrogen (secondary N) is 1. The number of aromatic nitrogens is 2. The number of hydrazine groups is 1. The Morgan fingerprint density at radius 1 is 1.56 bits per heavy atom. The second kappa shape index (κ2) is 4.84. The predicted molar refractivity (Wildman–Crippen MR) is 62.7 cm³/mol. The van der Waals surface area contributed by atoms with Gasteiger partial charge in [-0.3, -0.25) is 15.0 Å². The lowest BCUT2D eigenvalue weighted by Gasteiger charge is -2.01. The van der Waals surface area contributed by atoms with Gasteiger partial charge in [-0.05, 0) is 19.1 Å². The van der Waals surface area contributed by atoms with Gasteiger partial charge in [0, 0.05) is 6.07 Å². The predicted octanol–water partition coefficient (Wildman–Crippen LogP) is -0.203. The highest BCUT2D eigenvalue weighted by Gasteiger charge is 2.10. The molecule has 2 heterocycles. The zero-order valence-electron chi connectivity index (χ0n) is 9.71. The van der Waals surface area contributed by atoms with Crippen molar-refractivity contribution in [3.05, 3.63) is 51.8 Å². The average molecular weight is 248 g/mol. The molecule has 18 heavy (non-hydrogen) atoms. The summed E-state index contributed by atoms with van der Waals surface area (Å²) in [4.78, 5) is 22.8. The lowest BCUT2D eigenvalue weighted by Crippen LogP contribution is -2.29. The zero-order valence-corrected chi connectivity index (χ0v) is 9.71. The lowest BCUT2D eigenvalue weighted by atomic mass is 10.3. The van der Waals surface area contributed by atoms with Crippen LogP contribution >= 0.6 is 0 Å². The third kappa shape index (κ3) is 2.46. The summed E-state index contributed by atoms with van der Waals surface area (Å²) in [5, 5.41) is 4.06. The summed E-state index contributed by atoms with van der Waals surface area (Å²) in [6, 6.07) is 4.58. The van der Waals surface area contributed by atoms with Gasteiger partial charge in [0.05, 0.1) is 11.3 Å². The van der Waals surface area contributed by atoms with Crippen LogP contribution < -0.4 is 16.8 Å². The number of nitrogen functional groups attached to an aromatic ring is 1. The van der Waals surface area contributed by atoms with Gasteiger partial charge < -0.3 is 4.42 Å². The molecule has 0 bridgehead atoms. The summed E-state index contributed by atoms with van der Waals surface area (Å²) in [7, 11) is 0. The first-order valence-corrected chi connectivity index (χ1v) is 5.23. The van der Waals surface area contributed by atoms with E-state index in [0.717, 1.165) is 5.69 Å². The molecule has 0 fully saturated rings. The molecule has 94 valence electrons. The minimum absolute atomic E-state index is 0.165. The second-order valence-corrected chi connectivity index (χ2v) is 3.75. The van der Waals surface area contributed by atoms with E-state index in [2.05, 4.69) is 5.10 Å². The normalized spacial score (nSPS) is 10.3. The first-order valence-electron chi connectivity index (χ1n) is 5.23. The minimum atomic E-state index is -0.449. The number of nitrogens with zero attached hydrogens (tertiary/aromatic N) is 2. The van der Waals surface area contributed by atoms with Crippen molar-refractivity contribution in [3.8, 4) is 0 Å². The summed E-state index contributed by atoms with van der Waals surface area (Å²) in [6.45, 7) is 1.95. The van der Waals surface area contributed by atoms with E-state index in [9.17, 15) is 9.59 Å². The highest BCUT2D eigenvalue weighted by molar-refractivity contribution is 5.93. The molecule has 0 aliphatic carbocycles. The molecule has 0 saturated heterocycles. The van der Waals surface area contributed by atoms with Gasteiger partial charge in [0.25, 0.3) is 11.5 Å². The fourth-order valence-corrected chi connectivity index (χ4v) is 1.48. The minimum Gasteiger partial charge on any atom is -0.467 e. The topological polar surface area (TPSA) is 103 Å². The van der Waals surface area contributed by atoms with Crippen LogP contribution in [0, 0.1) is 6.92 Å². The van der Waals surface area contributed by atoms with Crippen LogP contribution in [0.3, 0.4) is 0 Å². The fraction of sp³-hybridized carbons (Fsp3) is 0.182. The number of carbonyl (C=O) groups excluding carboxylic acids is 1. The largest absolute Gasteiger partial charge is 0.467 e. The van der Waals surface area contributed by atoms with Crippen molar-refractivity contribution in [2.45, 2.75) is 13.5 Å². The number of carbonyl (C=O) groups is 1. The number of hydrogen-bond donors (Lipinski definition) is 2. The molecular weight excluding hydrogens is 236 g/mol. The highest BCUT2D eigenvalue weighted by Crippen LogP contribution is 2.08. The first-order chi connectivity index (χ1) is 8.60. The average Bonchev–Trinajstić information content (AvgIpc) is 2.81. The van der Waals surface area contributed by atoms with Crippen molar-refractivity contribution in [2.75, 3.05) is 0 Å². The number of rotatable bonds is 3. The quantitative estimate of drug-likeness (QED) is 0.444. The van der Waals surface area contributed by atoms with Crippen molar-refractivity contribution in [1.82, 2.24) is 15.2 Å². The van der Waals surface area contributed by atoms with Crippen LogP contribution in [0.2, 0.25) is 0 Å². The standard InChI is InChI=1S/C11H12N4O3/c1-7-2-3-10(16)15(14-7)5-9-4-8(6-18-9)11(17)13-12/h2-4,6H,5,12H2,1H3,(H,13,17). The smallest absolute Gasteiger partial charge is 0.268 e. The monoisotopic (exact) mass is 248 g/mol. The zero-order chi connectivity index (χ0) is 13.1. The molecule has 0 unspecified atom stereocenters. The van der Waals surface area contributed by atoms with Crippen LogP contribution in [-0.2, 0) is 6.54 Å². The van der Waals surface area contributed by atoms with Gasteiger partial charge in [-0.25, -0.2) is 10.5 Å². The molecule has 0 spiro atoms. The number of aryl methyl sites for hydroxylation is 1. The van der Waals surface area contributed by atoms with Crippen molar-refractivity contribution in [3.63, 3.8) is 0 Å². The molecule has 1 amide bonds. The first kappa shape index (κ1) is 12.1. The Kier molecular flexibility index (Phi) is 3.24. The molecule has 0 aliphatic heterocycles. The van der Waals surface area contributed by atoms with E-state index < -0.39 is 5.91 Å². The van der Waals surface area contributed by atoms with E-state index in [-0.39, 0.29) is 12.1 Å². The maximum absolute atomic E-state index is 11.5. The van der Waals surface area contributed by atoms with Crippen LogP contribution in [0.15, 0.2) is 33.7 Å².